The zero-order chi connectivity index (χ0) is 20.2. The standard InChI is InChI=1S/C23H25N3O3/c27-21-14-16(15-26(21)18-10-2-1-3-11-18)22(28)25-20-13-7-6-12-19(20)23(29)24-17-8-4-5-9-17/h1-3,6-7,10-13,16-17H,4-5,8-9,14-15H2,(H,24,29)(H,25,28)/t16-/m0/s1. The molecule has 6 heteroatoms. The first-order valence-electron chi connectivity index (χ1n) is 10.2. The molecule has 0 bridgehead atoms. The zero-order valence-electron chi connectivity index (χ0n) is 16.3. The van der Waals surface area contributed by atoms with E-state index in [-0.39, 0.29) is 30.2 Å². The molecule has 0 spiro atoms. The molecule has 2 N–H and O–H groups in total. The maximum absolute atomic E-state index is 12.8. The summed E-state index contributed by atoms with van der Waals surface area (Å²) in [6.45, 7) is 0.338. The first-order valence-corrected chi connectivity index (χ1v) is 10.2. The Morgan fingerprint density at radius 1 is 0.931 bits per heavy atom. The number of nitrogens with one attached hydrogen (secondary N) is 2. The maximum atomic E-state index is 12.8. The molecular formula is C23H25N3O3. The van der Waals surface area contributed by atoms with Crippen molar-refractivity contribution in [1.29, 1.82) is 0 Å². The van der Waals surface area contributed by atoms with Gasteiger partial charge in [-0.15, -0.1) is 0 Å². The number of nitrogens with zero attached hydrogens (tertiary/aromatic N) is 1. The summed E-state index contributed by atoms with van der Waals surface area (Å²) in [6.07, 6.45) is 4.44. The van der Waals surface area contributed by atoms with Crippen molar-refractivity contribution in [2.24, 2.45) is 5.92 Å². The highest BCUT2D eigenvalue weighted by Crippen LogP contribution is 2.26. The fraction of sp³-hybridized carbons (Fsp3) is 0.348. The molecule has 6 nitrogen and oxygen atoms in total. The van der Waals surface area contributed by atoms with Crippen LogP contribution in [0, 0.1) is 5.92 Å². The zero-order valence-corrected chi connectivity index (χ0v) is 16.3. The number of amides is 3. The predicted octanol–water partition coefficient (Wildman–Crippen LogP) is 3.35. The van der Waals surface area contributed by atoms with Gasteiger partial charge >= 0.3 is 0 Å². The van der Waals surface area contributed by atoms with Crippen molar-refractivity contribution in [3.63, 3.8) is 0 Å². The number of para-hydroxylation sites is 2. The maximum Gasteiger partial charge on any atom is 0.253 e. The summed E-state index contributed by atoms with van der Waals surface area (Å²) in [7, 11) is 0. The Morgan fingerprint density at radius 3 is 2.38 bits per heavy atom. The van der Waals surface area contributed by atoms with Crippen LogP contribution < -0.4 is 15.5 Å². The van der Waals surface area contributed by atoms with Crippen molar-refractivity contribution in [2.45, 2.75) is 38.1 Å². The summed E-state index contributed by atoms with van der Waals surface area (Å²) in [6, 6.07) is 16.6. The minimum atomic E-state index is -0.450. The molecule has 2 fully saturated rings. The van der Waals surface area contributed by atoms with E-state index in [9.17, 15) is 14.4 Å². The first-order chi connectivity index (χ1) is 14.1. The van der Waals surface area contributed by atoms with E-state index in [1.54, 1.807) is 29.2 Å². The van der Waals surface area contributed by atoms with Crippen LogP contribution in [-0.4, -0.2) is 30.3 Å². The Hall–Kier alpha value is -3.15. The number of hydrogen-bond acceptors (Lipinski definition) is 3. The molecule has 2 aliphatic rings. The van der Waals surface area contributed by atoms with Gasteiger partial charge in [-0.1, -0.05) is 43.2 Å². The van der Waals surface area contributed by atoms with E-state index in [1.165, 1.54) is 0 Å². The van der Waals surface area contributed by atoms with Gasteiger partial charge in [-0.2, -0.15) is 0 Å². The van der Waals surface area contributed by atoms with Gasteiger partial charge in [0.15, 0.2) is 0 Å². The third-order valence-electron chi connectivity index (χ3n) is 5.68. The summed E-state index contributed by atoms with van der Waals surface area (Å²) < 4.78 is 0. The average Bonchev–Trinajstić information content (AvgIpc) is 3.38. The minimum absolute atomic E-state index is 0.0661. The van der Waals surface area contributed by atoms with Crippen LogP contribution in [0.5, 0.6) is 0 Å². The lowest BCUT2D eigenvalue weighted by atomic mass is 10.1. The van der Waals surface area contributed by atoms with Crippen molar-refractivity contribution in [3.8, 4) is 0 Å². The van der Waals surface area contributed by atoms with Gasteiger partial charge in [0.25, 0.3) is 5.91 Å². The summed E-state index contributed by atoms with van der Waals surface area (Å²) in [5, 5.41) is 5.93. The fourth-order valence-electron chi connectivity index (χ4n) is 4.10. The van der Waals surface area contributed by atoms with Gasteiger partial charge in [0.1, 0.15) is 0 Å². The van der Waals surface area contributed by atoms with E-state index in [0.29, 0.717) is 17.8 Å². The fourth-order valence-corrected chi connectivity index (χ4v) is 4.10. The molecule has 29 heavy (non-hydrogen) atoms. The Bertz CT molecular complexity index is 907. The van der Waals surface area contributed by atoms with Crippen LogP contribution in [0.15, 0.2) is 54.6 Å². The van der Waals surface area contributed by atoms with Gasteiger partial charge in [-0.05, 0) is 37.1 Å². The van der Waals surface area contributed by atoms with E-state index in [1.807, 2.05) is 30.3 Å². The molecule has 1 saturated carbocycles. The summed E-state index contributed by atoms with van der Waals surface area (Å²) >= 11 is 0. The molecular weight excluding hydrogens is 366 g/mol. The largest absolute Gasteiger partial charge is 0.349 e. The normalized spacial score (nSPS) is 19.4. The van der Waals surface area contributed by atoms with Crippen LogP contribution >= 0.6 is 0 Å². The van der Waals surface area contributed by atoms with Gasteiger partial charge in [0.05, 0.1) is 17.2 Å². The van der Waals surface area contributed by atoms with Crippen LogP contribution in [0.25, 0.3) is 0 Å². The summed E-state index contributed by atoms with van der Waals surface area (Å²) in [5.41, 5.74) is 1.74. The highest BCUT2D eigenvalue weighted by molar-refractivity contribution is 6.07. The number of hydrogen-bond donors (Lipinski definition) is 2. The second-order valence-electron chi connectivity index (χ2n) is 7.73. The molecule has 150 valence electrons. The quantitative estimate of drug-likeness (QED) is 0.820. The van der Waals surface area contributed by atoms with E-state index in [2.05, 4.69) is 10.6 Å². The highest BCUT2D eigenvalue weighted by Gasteiger charge is 2.35. The number of rotatable bonds is 5. The number of carbonyl (C=O) groups is 3. The highest BCUT2D eigenvalue weighted by atomic mass is 16.2. The topological polar surface area (TPSA) is 78.5 Å². The Morgan fingerprint density at radius 2 is 1.62 bits per heavy atom. The Labute approximate surface area is 170 Å². The molecule has 1 aliphatic carbocycles. The van der Waals surface area contributed by atoms with E-state index in [4.69, 9.17) is 0 Å². The third-order valence-corrected chi connectivity index (χ3v) is 5.68. The number of carbonyl (C=O) groups excluding carboxylic acids is 3. The van der Waals surface area contributed by atoms with Crippen LogP contribution in [0.4, 0.5) is 11.4 Å². The lowest BCUT2D eigenvalue weighted by Gasteiger charge is -2.17. The van der Waals surface area contributed by atoms with Gasteiger partial charge in [-0.25, -0.2) is 0 Å². The van der Waals surface area contributed by atoms with Crippen molar-refractivity contribution >= 4 is 29.1 Å². The monoisotopic (exact) mass is 391 g/mol. The van der Waals surface area contributed by atoms with Crippen molar-refractivity contribution in [1.82, 2.24) is 5.32 Å². The minimum Gasteiger partial charge on any atom is -0.349 e. The van der Waals surface area contributed by atoms with E-state index >= 15 is 0 Å². The molecule has 1 atom stereocenters. The SMILES string of the molecule is O=C(NC1CCCC1)c1ccccc1NC(=O)[C@H]1CC(=O)N(c2ccccc2)C1. The predicted molar refractivity (Wildman–Crippen MR) is 112 cm³/mol. The van der Waals surface area contributed by atoms with Crippen LogP contribution in [0.2, 0.25) is 0 Å². The molecule has 1 aliphatic heterocycles. The van der Waals surface area contributed by atoms with E-state index < -0.39 is 5.92 Å². The van der Waals surface area contributed by atoms with Crippen LogP contribution in [0.3, 0.4) is 0 Å². The van der Waals surface area contributed by atoms with E-state index in [0.717, 1.165) is 31.4 Å². The first kappa shape index (κ1) is 19.2. The molecule has 1 heterocycles. The summed E-state index contributed by atoms with van der Waals surface area (Å²) in [4.78, 5) is 39.6. The van der Waals surface area contributed by atoms with Crippen molar-refractivity contribution in [3.05, 3.63) is 60.2 Å². The second kappa shape index (κ2) is 8.47. The number of benzene rings is 2. The van der Waals surface area contributed by atoms with Crippen molar-refractivity contribution in [2.75, 3.05) is 16.8 Å². The lowest BCUT2D eigenvalue weighted by Crippen LogP contribution is -2.33. The molecule has 2 aromatic carbocycles. The number of anilines is 2. The van der Waals surface area contributed by atoms with Gasteiger partial charge in [0.2, 0.25) is 11.8 Å². The lowest BCUT2D eigenvalue weighted by molar-refractivity contribution is -0.122. The molecule has 3 amide bonds. The Kier molecular flexibility index (Phi) is 5.60. The van der Waals surface area contributed by atoms with Crippen molar-refractivity contribution < 1.29 is 14.4 Å². The Balaban J connectivity index is 1.43. The van der Waals surface area contributed by atoms with Crippen LogP contribution in [0.1, 0.15) is 42.5 Å². The molecule has 1 saturated heterocycles. The van der Waals surface area contributed by atoms with Gasteiger partial charge in [0, 0.05) is 24.7 Å². The molecule has 4 rings (SSSR count). The smallest absolute Gasteiger partial charge is 0.253 e. The molecule has 0 radical (unpaired) electrons. The van der Waals surface area contributed by atoms with Crippen LogP contribution in [-0.2, 0) is 9.59 Å². The molecule has 2 aromatic rings. The van der Waals surface area contributed by atoms with Gasteiger partial charge < -0.3 is 15.5 Å². The third kappa shape index (κ3) is 4.31. The molecule has 0 unspecified atom stereocenters. The summed E-state index contributed by atoms with van der Waals surface area (Å²) in [5.74, 6) is -0.920. The molecule has 0 aromatic heterocycles. The van der Waals surface area contributed by atoms with Gasteiger partial charge in [-0.3, -0.25) is 14.4 Å². The average molecular weight is 391 g/mol. The second-order valence-corrected chi connectivity index (χ2v) is 7.73.